The van der Waals surface area contributed by atoms with Gasteiger partial charge in [-0.15, -0.1) is 11.3 Å². The maximum absolute atomic E-state index is 13.1. The van der Waals surface area contributed by atoms with Crippen molar-refractivity contribution in [3.8, 4) is 11.5 Å². The number of methoxy groups -OCH3 is 1. The summed E-state index contributed by atoms with van der Waals surface area (Å²) in [7, 11) is 1.56. The fourth-order valence-corrected chi connectivity index (χ4v) is 6.14. The number of aromatic nitrogens is 2. The van der Waals surface area contributed by atoms with E-state index in [1.165, 1.54) is 16.9 Å². The number of thiophene rings is 1. The van der Waals surface area contributed by atoms with Crippen LogP contribution in [-0.2, 0) is 19.4 Å². The van der Waals surface area contributed by atoms with E-state index in [0.29, 0.717) is 62.2 Å². The van der Waals surface area contributed by atoms with E-state index in [-0.39, 0.29) is 11.5 Å². The van der Waals surface area contributed by atoms with Crippen molar-refractivity contribution in [3.63, 3.8) is 0 Å². The summed E-state index contributed by atoms with van der Waals surface area (Å²) in [5.41, 5.74) is 1.76. The first-order valence-corrected chi connectivity index (χ1v) is 12.9. The maximum atomic E-state index is 13.1. The first-order valence-electron chi connectivity index (χ1n) is 12.0. The van der Waals surface area contributed by atoms with E-state index in [1.807, 2.05) is 4.90 Å². The van der Waals surface area contributed by atoms with Crippen molar-refractivity contribution in [1.82, 2.24) is 19.8 Å². The Morgan fingerprint density at radius 2 is 2.00 bits per heavy atom. The van der Waals surface area contributed by atoms with Crippen LogP contribution in [0.5, 0.6) is 11.5 Å². The minimum Gasteiger partial charge on any atom is -0.493 e. The number of rotatable bonds is 7. The molecule has 1 aromatic carbocycles. The van der Waals surface area contributed by atoms with Crippen molar-refractivity contribution in [3.05, 3.63) is 63.0 Å². The molecular weight excluding hydrogens is 464 g/mol. The fraction of sp³-hybridized carbons (Fsp3) is 0.423. The van der Waals surface area contributed by atoms with Crippen molar-refractivity contribution in [2.75, 3.05) is 39.9 Å². The van der Waals surface area contributed by atoms with E-state index in [2.05, 4.69) is 16.5 Å². The van der Waals surface area contributed by atoms with Gasteiger partial charge in [-0.05, 0) is 49.4 Å². The lowest BCUT2D eigenvalue weighted by atomic mass is 9.97. The van der Waals surface area contributed by atoms with E-state index in [1.54, 1.807) is 42.7 Å². The zero-order chi connectivity index (χ0) is 24.4. The second kappa shape index (κ2) is 10.2. The highest BCUT2D eigenvalue weighted by Gasteiger charge is 2.25. The number of nitrogens with one attached hydrogen (secondary N) is 1. The number of hydrogen-bond acceptors (Lipinski definition) is 7. The zero-order valence-electron chi connectivity index (χ0n) is 20.0. The Labute approximate surface area is 208 Å². The predicted octanol–water partition coefficient (Wildman–Crippen LogP) is 3.39. The Balaban J connectivity index is 1.23. The normalized spacial score (nSPS) is 16.2. The number of carbonyl (C=O) groups excluding carboxylic acids is 1. The van der Waals surface area contributed by atoms with E-state index < -0.39 is 0 Å². The Hall–Kier alpha value is -3.17. The topological polar surface area (TPSA) is 87.8 Å². The van der Waals surface area contributed by atoms with Gasteiger partial charge in [-0.3, -0.25) is 14.5 Å². The van der Waals surface area contributed by atoms with Crippen LogP contribution in [0.1, 0.15) is 39.5 Å². The summed E-state index contributed by atoms with van der Waals surface area (Å²) in [4.78, 5) is 40.0. The average Bonchev–Trinajstić information content (AvgIpc) is 3.26. The molecule has 0 atom stereocenters. The summed E-state index contributed by atoms with van der Waals surface area (Å²) in [6.07, 6.45) is 6.02. The van der Waals surface area contributed by atoms with Crippen molar-refractivity contribution >= 4 is 27.5 Å². The lowest BCUT2D eigenvalue weighted by molar-refractivity contribution is 0.0625. The van der Waals surface area contributed by atoms with Crippen molar-refractivity contribution in [2.45, 2.75) is 32.2 Å². The third kappa shape index (κ3) is 4.83. The van der Waals surface area contributed by atoms with Gasteiger partial charge in [-0.1, -0.05) is 12.7 Å². The Bertz CT molecular complexity index is 1310. The number of benzene rings is 1. The van der Waals surface area contributed by atoms with Crippen LogP contribution in [-0.4, -0.2) is 65.6 Å². The fourth-order valence-electron chi connectivity index (χ4n) is 4.86. The first-order chi connectivity index (χ1) is 17.1. The monoisotopic (exact) mass is 494 g/mol. The molecule has 0 bridgehead atoms. The summed E-state index contributed by atoms with van der Waals surface area (Å²) >= 11 is 1.67. The summed E-state index contributed by atoms with van der Waals surface area (Å²) < 4.78 is 11.0. The number of piperazine rings is 1. The number of nitrogens with zero attached hydrogens (tertiary/aromatic N) is 3. The van der Waals surface area contributed by atoms with Crippen LogP contribution < -0.4 is 15.0 Å². The molecule has 0 spiro atoms. The third-order valence-corrected chi connectivity index (χ3v) is 7.86. The van der Waals surface area contributed by atoms with Crippen LogP contribution in [0.2, 0.25) is 0 Å². The highest BCUT2D eigenvalue weighted by molar-refractivity contribution is 7.18. The van der Waals surface area contributed by atoms with Crippen LogP contribution in [0.3, 0.4) is 0 Å². The standard InChI is InChI=1S/C26H30N4O4S/c1-3-14-34-19-9-8-17(15-20(19)33-2)26(32)30-12-10-29(11-13-30)16-22-27-24(31)23-18-6-4-5-7-21(18)35-25(23)28-22/h3,8-9,15H,1,4-7,10-14,16H2,2H3,(H,27,28,31). The van der Waals surface area contributed by atoms with Gasteiger partial charge in [0.1, 0.15) is 17.3 Å². The highest BCUT2D eigenvalue weighted by atomic mass is 32.1. The van der Waals surface area contributed by atoms with E-state index in [0.717, 1.165) is 29.5 Å². The molecule has 1 N–H and O–H groups in total. The third-order valence-electron chi connectivity index (χ3n) is 6.67. The highest BCUT2D eigenvalue weighted by Crippen LogP contribution is 2.33. The molecular formula is C26H30N4O4S. The smallest absolute Gasteiger partial charge is 0.259 e. The molecule has 2 aromatic heterocycles. The molecule has 184 valence electrons. The quantitative estimate of drug-likeness (QED) is 0.507. The van der Waals surface area contributed by atoms with Gasteiger partial charge in [0.25, 0.3) is 11.5 Å². The minimum absolute atomic E-state index is 0.0207. The molecule has 2 aliphatic rings. The maximum Gasteiger partial charge on any atom is 0.259 e. The molecule has 1 saturated heterocycles. The van der Waals surface area contributed by atoms with Gasteiger partial charge >= 0.3 is 0 Å². The van der Waals surface area contributed by atoms with Gasteiger partial charge < -0.3 is 19.4 Å². The molecule has 0 unspecified atom stereocenters. The Kier molecular flexibility index (Phi) is 6.88. The molecule has 9 heteroatoms. The van der Waals surface area contributed by atoms with Gasteiger partial charge in [0, 0.05) is 36.6 Å². The number of fused-ring (bicyclic) bond motifs is 3. The average molecular weight is 495 g/mol. The van der Waals surface area contributed by atoms with Gasteiger partial charge in [-0.2, -0.15) is 0 Å². The van der Waals surface area contributed by atoms with Crippen LogP contribution in [0, 0.1) is 0 Å². The number of carbonyl (C=O) groups is 1. The van der Waals surface area contributed by atoms with E-state index in [9.17, 15) is 9.59 Å². The van der Waals surface area contributed by atoms with Gasteiger partial charge in [0.15, 0.2) is 11.5 Å². The second-order valence-electron chi connectivity index (χ2n) is 8.94. The summed E-state index contributed by atoms with van der Waals surface area (Å²) in [5.74, 6) is 1.77. The van der Waals surface area contributed by atoms with Crippen LogP contribution in [0.25, 0.3) is 10.2 Å². The van der Waals surface area contributed by atoms with E-state index >= 15 is 0 Å². The lowest BCUT2D eigenvalue weighted by Gasteiger charge is -2.34. The van der Waals surface area contributed by atoms with Gasteiger partial charge in [-0.25, -0.2) is 4.98 Å². The number of aryl methyl sites for hydroxylation is 2. The lowest BCUT2D eigenvalue weighted by Crippen LogP contribution is -2.48. The zero-order valence-corrected chi connectivity index (χ0v) is 20.8. The molecule has 0 radical (unpaired) electrons. The summed E-state index contributed by atoms with van der Waals surface area (Å²) in [6.45, 7) is 7.23. The first kappa shape index (κ1) is 23.6. The second-order valence-corrected chi connectivity index (χ2v) is 10.0. The summed E-state index contributed by atoms with van der Waals surface area (Å²) in [6, 6.07) is 5.24. The Morgan fingerprint density at radius 3 is 2.77 bits per heavy atom. The molecule has 1 aliphatic heterocycles. The molecule has 1 aliphatic carbocycles. The SMILES string of the molecule is C=CCOc1ccc(C(=O)N2CCN(Cc3nc4sc5c(c4c(=O)[nH]3)CCCC5)CC2)cc1OC. The molecule has 3 heterocycles. The number of hydrogen-bond donors (Lipinski definition) is 1. The number of aromatic amines is 1. The Morgan fingerprint density at radius 1 is 1.20 bits per heavy atom. The number of H-pyrrole nitrogens is 1. The summed E-state index contributed by atoms with van der Waals surface area (Å²) in [5, 5.41) is 0.792. The van der Waals surface area contributed by atoms with Gasteiger partial charge in [0.05, 0.1) is 19.0 Å². The van der Waals surface area contributed by atoms with Crippen molar-refractivity contribution < 1.29 is 14.3 Å². The number of amides is 1. The molecule has 1 amide bonds. The number of ether oxygens (including phenoxy) is 2. The molecule has 1 fully saturated rings. The molecule has 5 rings (SSSR count). The van der Waals surface area contributed by atoms with Crippen LogP contribution in [0.4, 0.5) is 0 Å². The molecule has 35 heavy (non-hydrogen) atoms. The van der Waals surface area contributed by atoms with Crippen molar-refractivity contribution in [1.29, 1.82) is 0 Å². The van der Waals surface area contributed by atoms with Crippen LogP contribution >= 0.6 is 11.3 Å². The van der Waals surface area contributed by atoms with Crippen molar-refractivity contribution in [2.24, 2.45) is 0 Å². The van der Waals surface area contributed by atoms with Crippen LogP contribution in [0.15, 0.2) is 35.6 Å². The largest absolute Gasteiger partial charge is 0.493 e. The van der Waals surface area contributed by atoms with Gasteiger partial charge in [0.2, 0.25) is 0 Å². The minimum atomic E-state index is -0.0321. The molecule has 0 saturated carbocycles. The van der Waals surface area contributed by atoms with E-state index in [4.69, 9.17) is 14.5 Å². The molecule has 3 aromatic rings. The molecule has 8 nitrogen and oxygen atoms in total. The predicted molar refractivity (Wildman–Crippen MR) is 137 cm³/mol.